The van der Waals surface area contributed by atoms with Gasteiger partial charge >= 0.3 is 5.97 Å². The van der Waals surface area contributed by atoms with Gasteiger partial charge in [-0.25, -0.2) is 4.79 Å². The van der Waals surface area contributed by atoms with E-state index in [9.17, 15) is 24.3 Å². The lowest BCUT2D eigenvalue weighted by atomic mass is 9.94. The average Bonchev–Trinajstić information content (AvgIpc) is 2.72. The lowest BCUT2D eigenvalue weighted by Gasteiger charge is -2.22. The predicted molar refractivity (Wildman–Crippen MR) is 80.9 cm³/mol. The Labute approximate surface area is 133 Å². The standard InChI is InChI=1S/C16H18N2O5/c1-8(2)9-4-3-5-10-13(9)15(21)18(14(10)20)11(16(22)23)6-7-12(17)19/h3-5,8,11H,6-7H2,1-2H3,(H2,17,19)(H,22,23). The molecule has 0 aliphatic carbocycles. The Bertz CT molecular complexity index is 696. The normalized spacial score (nSPS) is 15.0. The van der Waals surface area contributed by atoms with Crippen LogP contribution in [0.2, 0.25) is 0 Å². The molecule has 1 aliphatic heterocycles. The van der Waals surface area contributed by atoms with E-state index in [1.54, 1.807) is 12.1 Å². The van der Waals surface area contributed by atoms with Crippen LogP contribution in [0.4, 0.5) is 0 Å². The number of carbonyl (C=O) groups is 4. The molecule has 0 bridgehead atoms. The van der Waals surface area contributed by atoms with Gasteiger partial charge < -0.3 is 10.8 Å². The van der Waals surface area contributed by atoms with E-state index < -0.39 is 29.7 Å². The van der Waals surface area contributed by atoms with Gasteiger partial charge in [0, 0.05) is 6.42 Å². The van der Waals surface area contributed by atoms with Crippen LogP contribution in [-0.4, -0.2) is 39.7 Å². The number of hydrogen-bond acceptors (Lipinski definition) is 4. The maximum Gasteiger partial charge on any atom is 0.326 e. The minimum Gasteiger partial charge on any atom is -0.480 e. The molecule has 0 saturated carbocycles. The van der Waals surface area contributed by atoms with Gasteiger partial charge in [0.2, 0.25) is 5.91 Å². The number of amides is 3. The van der Waals surface area contributed by atoms with E-state index in [0.29, 0.717) is 5.56 Å². The summed E-state index contributed by atoms with van der Waals surface area (Å²) in [7, 11) is 0. The number of nitrogens with two attached hydrogens (primary N) is 1. The molecule has 1 unspecified atom stereocenters. The summed E-state index contributed by atoms with van der Waals surface area (Å²) in [4.78, 5) is 48.2. The predicted octanol–water partition coefficient (Wildman–Crippen LogP) is 1.12. The molecule has 2 rings (SSSR count). The van der Waals surface area contributed by atoms with Gasteiger partial charge in [-0.2, -0.15) is 0 Å². The van der Waals surface area contributed by atoms with Gasteiger partial charge in [0.25, 0.3) is 11.8 Å². The number of fused-ring (bicyclic) bond motifs is 1. The third-order valence-corrected chi connectivity index (χ3v) is 3.86. The van der Waals surface area contributed by atoms with Crippen molar-refractivity contribution < 1.29 is 24.3 Å². The monoisotopic (exact) mass is 318 g/mol. The number of aliphatic carboxylic acids is 1. The van der Waals surface area contributed by atoms with Crippen molar-refractivity contribution in [1.29, 1.82) is 0 Å². The Morgan fingerprint density at radius 2 is 1.87 bits per heavy atom. The highest BCUT2D eigenvalue weighted by molar-refractivity contribution is 6.23. The third-order valence-electron chi connectivity index (χ3n) is 3.86. The second-order valence-corrected chi connectivity index (χ2v) is 5.76. The van der Waals surface area contributed by atoms with Crippen molar-refractivity contribution in [1.82, 2.24) is 4.90 Å². The Morgan fingerprint density at radius 3 is 2.39 bits per heavy atom. The number of carboxylic acids is 1. The SMILES string of the molecule is CC(C)c1cccc2c1C(=O)N(C(CCC(N)=O)C(=O)O)C2=O. The molecule has 23 heavy (non-hydrogen) atoms. The largest absolute Gasteiger partial charge is 0.480 e. The molecule has 3 amide bonds. The topological polar surface area (TPSA) is 118 Å². The van der Waals surface area contributed by atoms with Crippen LogP contribution in [0.3, 0.4) is 0 Å². The number of rotatable bonds is 6. The van der Waals surface area contributed by atoms with E-state index in [1.807, 2.05) is 13.8 Å². The fourth-order valence-electron chi connectivity index (χ4n) is 2.74. The van der Waals surface area contributed by atoms with Gasteiger partial charge in [0.1, 0.15) is 6.04 Å². The zero-order chi connectivity index (χ0) is 17.3. The molecule has 0 fully saturated rings. The van der Waals surface area contributed by atoms with Crippen LogP contribution >= 0.6 is 0 Å². The number of hydrogen-bond donors (Lipinski definition) is 2. The lowest BCUT2D eigenvalue weighted by Crippen LogP contribution is -2.45. The molecule has 122 valence electrons. The second-order valence-electron chi connectivity index (χ2n) is 5.76. The zero-order valence-corrected chi connectivity index (χ0v) is 12.9. The summed E-state index contributed by atoms with van der Waals surface area (Å²) in [5.41, 5.74) is 6.18. The third kappa shape index (κ3) is 2.94. The molecule has 1 aliphatic rings. The van der Waals surface area contributed by atoms with Crippen LogP contribution in [0.5, 0.6) is 0 Å². The summed E-state index contributed by atoms with van der Waals surface area (Å²) in [6.07, 6.45) is -0.422. The lowest BCUT2D eigenvalue weighted by molar-refractivity contribution is -0.141. The number of imide groups is 1. The molecule has 0 spiro atoms. The highest BCUT2D eigenvalue weighted by Gasteiger charge is 2.44. The number of carbonyl (C=O) groups excluding carboxylic acids is 3. The molecule has 3 N–H and O–H groups in total. The van der Waals surface area contributed by atoms with Crippen molar-refractivity contribution in [3.05, 3.63) is 34.9 Å². The Kier molecular flexibility index (Phi) is 4.49. The van der Waals surface area contributed by atoms with Crippen LogP contribution in [0.25, 0.3) is 0 Å². The summed E-state index contributed by atoms with van der Waals surface area (Å²) in [5, 5.41) is 9.34. The summed E-state index contributed by atoms with van der Waals surface area (Å²) < 4.78 is 0. The Hall–Kier alpha value is -2.70. The first kappa shape index (κ1) is 16.7. The minimum absolute atomic E-state index is 0.00977. The van der Waals surface area contributed by atoms with E-state index in [2.05, 4.69) is 0 Å². The molecular weight excluding hydrogens is 300 g/mol. The van der Waals surface area contributed by atoms with Gasteiger partial charge in [-0.3, -0.25) is 19.3 Å². The molecule has 1 atom stereocenters. The second kappa shape index (κ2) is 6.20. The van der Waals surface area contributed by atoms with Crippen molar-refractivity contribution in [3.8, 4) is 0 Å². The molecule has 1 aromatic carbocycles. The van der Waals surface area contributed by atoms with Crippen molar-refractivity contribution in [2.45, 2.75) is 38.6 Å². The highest BCUT2D eigenvalue weighted by atomic mass is 16.4. The van der Waals surface area contributed by atoms with E-state index in [0.717, 1.165) is 4.90 Å². The average molecular weight is 318 g/mol. The molecule has 1 aromatic rings. The highest BCUT2D eigenvalue weighted by Crippen LogP contribution is 2.32. The maximum atomic E-state index is 12.6. The van der Waals surface area contributed by atoms with Gasteiger partial charge in [0.05, 0.1) is 11.1 Å². The zero-order valence-electron chi connectivity index (χ0n) is 12.9. The maximum absolute atomic E-state index is 12.6. The van der Waals surface area contributed by atoms with Gasteiger partial charge in [0.15, 0.2) is 0 Å². The molecule has 7 heteroatoms. The summed E-state index contributed by atoms with van der Waals surface area (Å²) in [6, 6.07) is 3.52. The quantitative estimate of drug-likeness (QED) is 0.762. The first-order valence-corrected chi connectivity index (χ1v) is 7.27. The summed E-state index contributed by atoms with van der Waals surface area (Å²) >= 11 is 0. The fraction of sp³-hybridized carbons (Fsp3) is 0.375. The molecule has 0 aromatic heterocycles. The van der Waals surface area contributed by atoms with Crippen molar-refractivity contribution in [2.75, 3.05) is 0 Å². The van der Waals surface area contributed by atoms with Crippen LogP contribution in [0.15, 0.2) is 18.2 Å². The molecule has 0 saturated heterocycles. The van der Waals surface area contributed by atoms with E-state index in [1.165, 1.54) is 6.07 Å². The molecular formula is C16H18N2O5. The Balaban J connectivity index is 2.44. The number of benzene rings is 1. The van der Waals surface area contributed by atoms with Crippen LogP contribution in [0, 0.1) is 0 Å². The van der Waals surface area contributed by atoms with E-state index in [4.69, 9.17) is 5.73 Å². The molecule has 0 radical (unpaired) electrons. The van der Waals surface area contributed by atoms with Crippen LogP contribution < -0.4 is 5.73 Å². The van der Waals surface area contributed by atoms with Gasteiger partial charge in [-0.05, 0) is 24.0 Å². The van der Waals surface area contributed by atoms with Crippen molar-refractivity contribution >= 4 is 23.7 Å². The minimum atomic E-state index is -1.41. The van der Waals surface area contributed by atoms with Crippen LogP contribution in [-0.2, 0) is 9.59 Å². The Morgan fingerprint density at radius 1 is 1.22 bits per heavy atom. The van der Waals surface area contributed by atoms with E-state index >= 15 is 0 Å². The first-order valence-electron chi connectivity index (χ1n) is 7.27. The van der Waals surface area contributed by atoms with Gasteiger partial charge in [-0.1, -0.05) is 26.0 Å². The van der Waals surface area contributed by atoms with Crippen molar-refractivity contribution in [3.63, 3.8) is 0 Å². The number of nitrogens with zero attached hydrogens (tertiary/aromatic N) is 1. The first-order chi connectivity index (χ1) is 10.8. The number of primary amides is 1. The van der Waals surface area contributed by atoms with Gasteiger partial charge in [-0.15, -0.1) is 0 Å². The fourth-order valence-corrected chi connectivity index (χ4v) is 2.74. The molecule has 1 heterocycles. The van der Waals surface area contributed by atoms with Crippen molar-refractivity contribution in [2.24, 2.45) is 5.73 Å². The molecule has 7 nitrogen and oxygen atoms in total. The summed E-state index contributed by atoms with van der Waals surface area (Å²) in [5.74, 6) is -3.30. The summed E-state index contributed by atoms with van der Waals surface area (Å²) in [6.45, 7) is 3.77. The number of carboxylic acid groups (broad SMARTS) is 1. The van der Waals surface area contributed by atoms with E-state index in [-0.39, 0.29) is 29.9 Å². The smallest absolute Gasteiger partial charge is 0.326 e. The van der Waals surface area contributed by atoms with Crippen LogP contribution in [0.1, 0.15) is 58.9 Å².